The number of amides is 1. The number of carboxylic acid groups (broad SMARTS) is 2. The number of rotatable bonds is 36. The van der Waals surface area contributed by atoms with Gasteiger partial charge < -0.3 is 45.5 Å². The van der Waals surface area contributed by atoms with Crippen LogP contribution in [0.5, 0.6) is 23.0 Å². The van der Waals surface area contributed by atoms with Crippen LogP contribution in [0.1, 0.15) is 195 Å². The number of hydroxylamine groups is 1. The van der Waals surface area contributed by atoms with Crippen molar-refractivity contribution in [3.05, 3.63) is 97.1 Å². The summed E-state index contributed by atoms with van der Waals surface area (Å²) in [5.41, 5.74) is 6.85. The van der Waals surface area contributed by atoms with Gasteiger partial charge >= 0.3 is 41.5 Å². The minimum atomic E-state index is -3.91. The number of nitrogens with one attached hydrogen (secondary N) is 2. The number of nitrogens with zero attached hydrogens (tertiary/aromatic N) is 3. The molecule has 9 N–H and O–H groups in total. The molecule has 3 fully saturated rings. The van der Waals surface area contributed by atoms with Crippen molar-refractivity contribution in [2.45, 2.75) is 269 Å². The number of sulfonamides is 4. The van der Waals surface area contributed by atoms with E-state index in [4.69, 9.17) is 40.1 Å². The van der Waals surface area contributed by atoms with Crippen molar-refractivity contribution in [2.24, 2.45) is 5.73 Å². The Balaban J connectivity index is 0.00000148. The van der Waals surface area contributed by atoms with Gasteiger partial charge in [-0.05, 0) is 255 Å². The third kappa shape index (κ3) is 35.6. The van der Waals surface area contributed by atoms with Crippen molar-refractivity contribution in [1.82, 2.24) is 23.1 Å². The molecule has 0 spiro atoms. The fraction of sp³-hybridized carbons (Fsp3) is 0.637. The van der Waals surface area contributed by atoms with E-state index in [1.165, 1.54) is 94.1 Å². The van der Waals surface area contributed by atoms with E-state index in [2.05, 4.69) is 45.0 Å². The number of carboxylic acids is 2. The molecule has 7 rings (SSSR count). The second kappa shape index (κ2) is 53.4. The Morgan fingerprint density at radius 3 is 1.10 bits per heavy atom. The number of aliphatic hydroxyl groups excluding tert-OH is 1. The first kappa shape index (κ1) is 114. The molecule has 0 unspecified atom stereocenters. The van der Waals surface area contributed by atoms with E-state index in [-0.39, 0.29) is 93.3 Å². The number of hydrogen-bond acceptors (Lipinski definition) is 26. The van der Waals surface area contributed by atoms with E-state index in [9.17, 15) is 62.8 Å². The zero-order valence-corrected chi connectivity index (χ0v) is 80.3. The molecule has 0 aliphatic carbocycles. The van der Waals surface area contributed by atoms with Crippen LogP contribution < -0.4 is 64.4 Å². The number of aliphatic hydroxyl groups is 1. The van der Waals surface area contributed by atoms with E-state index in [0.29, 0.717) is 81.0 Å². The Hall–Kier alpha value is -3.94. The van der Waals surface area contributed by atoms with E-state index < -0.39 is 112 Å². The standard InChI is InChI=1S/C19H31NO5S2.C19H29NO4S2.C18H28N2O5S2.C18H27NO5S2.C5H11NO2S.CH4.Na.H2O/c1-5-6-13-25-16-8-10-17(11-9-16)27(23,24)20-18(15(2)22)19(3,4)26-14-7-12-21;1-5-6-13-24-16-8-10-17(11-9-16)26(22,23)20-12-7-14-25-19(3,4)18(20)15(2)21;1-4-5-12-25-14-7-9-15(10-8-14)27(23,24)20-11-6-13-26-18(2,3)16(20)17(21)19-22;1-4-5-12-24-14-7-9-15(10-8-14)26(22,23)19-11-6-13-25-18(2,3)16(19)17(20)21;1-5(2,9)3(6)4(7)8;;;/h8-11,18,20-21H,5-7,12-14H2,1-4H3;8-11,18H,5-7,12-14H2,1-4H3;7-10,16,22H,4-6,11-13H2,1-3H3,(H,19,21);7-10,16H,4-6,11-13H2,1-3H3,(H,20,21);3,9H,6H2,1-2H3,(H,7,8);1H4;;1H2/q;;;;;;+1;/p-1/t2*18-;2*16-;3-;;;/m00000.../s1. The molecule has 3 saturated heterocycles. The molecule has 668 valence electrons. The second-order valence-corrected chi connectivity index (χ2v) is 45.8. The number of nitrogens with two attached hydrogens (primary N) is 1. The molecule has 0 radical (unpaired) electrons. The number of Topliss-reactive ketones (excluding diaryl/α,β-unsaturated/α-hetero) is 2. The predicted molar refractivity (Wildman–Crippen MR) is 473 cm³/mol. The van der Waals surface area contributed by atoms with Gasteiger partial charge in [0, 0.05) is 50.0 Å². The third-order valence-electron chi connectivity index (χ3n) is 18.5. The number of ether oxygens (including phenoxy) is 4. The molecule has 3 aliphatic rings. The second-order valence-electron chi connectivity index (χ2n) is 30.3. The summed E-state index contributed by atoms with van der Waals surface area (Å²) in [4.78, 5) is 59.3. The molecular weight excluding hydrogens is 1710 g/mol. The predicted octanol–water partition coefficient (Wildman–Crippen LogP) is 10.2. The van der Waals surface area contributed by atoms with Gasteiger partial charge in [0.05, 0.1) is 58.1 Å². The van der Waals surface area contributed by atoms with Gasteiger partial charge in [-0.15, -0.1) is 0 Å². The number of benzene rings is 4. The van der Waals surface area contributed by atoms with E-state index in [1.807, 2.05) is 41.5 Å². The van der Waals surface area contributed by atoms with Gasteiger partial charge in [0.1, 0.15) is 52.7 Å². The van der Waals surface area contributed by atoms with Crippen LogP contribution in [-0.2, 0) is 64.1 Å². The molecule has 3 heterocycles. The molecule has 28 nitrogen and oxygen atoms in total. The van der Waals surface area contributed by atoms with Crippen LogP contribution in [0.25, 0.3) is 0 Å². The van der Waals surface area contributed by atoms with Gasteiger partial charge in [-0.1, -0.05) is 60.8 Å². The largest absolute Gasteiger partial charge is 1.00 e. The van der Waals surface area contributed by atoms with Crippen molar-refractivity contribution in [2.75, 3.05) is 75.7 Å². The number of aliphatic carboxylic acids is 2. The Bertz CT molecular complexity index is 4020. The zero-order valence-electron chi connectivity index (χ0n) is 70.9. The summed E-state index contributed by atoms with van der Waals surface area (Å²) in [5.74, 6) is 2.21. The van der Waals surface area contributed by atoms with Crippen molar-refractivity contribution in [3.8, 4) is 23.0 Å². The minimum absolute atomic E-state index is 0. The average molecular weight is 1840 g/mol. The van der Waals surface area contributed by atoms with Crippen LogP contribution in [0.3, 0.4) is 0 Å². The van der Waals surface area contributed by atoms with Crippen LogP contribution in [0.4, 0.5) is 0 Å². The molecule has 38 heteroatoms. The molecule has 118 heavy (non-hydrogen) atoms. The Labute approximate surface area is 748 Å². The first-order chi connectivity index (χ1) is 53.6. The summed E-state index contributed by atoms with van der Waals surface area (Å²) in [6.45, 7) is 32.4. The number of hydrogen-bond donors (Lipinski definition) is 8. The number of unbranched alkanes of at least 4 members (excludes halogenated alkanes) is 4. The summed E-state index contributed by atoms with van der Waals surface area (Å²) in [7, 11) is -15.4. The summed E-state index contributed by atoms with van der Waals surface area (Å²) in [6, 6.07) is 20.6. The smallest absolute Gasteiger partial charge is 0.870 e. The zero-order chi connectivity index (χ0) is 87.0. The van der Waals surface area contributed by atoms with Crippen molar-refractivity contribution >= 4 is 129 Å². The van der Waals surface area contributed by atoms with Gasteiger partial charge in [0.2, 0.25) is 40.1 Å². The molecule has 5 atom stereocenters. The van der Waals surface area contributed by atoms with Gasteiger partial charge in [-0.2, -0.15) is 77.3 Å². The summed E-state index contributed by atoms with van der Waals surface area (Å²) >= 11 is 10.1. The fourth-order valence-corrected chi connectivity index (χ4v) is 24.0. The van der Waals surface area contributed by atoms with Crippen LogP contribution >= 0.6 is 59.7 Å². The van der Waals surface area contributed by atoms with Gasteiger partial charge in [-0.25, -0.2) is 39.2 Å². The molecule has 0 bridgehead atoms. The first-order valence-corrected chi connectivity index (χ1v) is 48.9. The van der Waals surface area contributed by atoms with E-state index in [0.717, 1.165) is 79.4 Å². The third-order valence-corrected chi connectivity index (χ3v) is 31.7. The quantitative estimate of drug-likeness (QED) is 0.00689. The normalized spacial score (nSPS) is 18.3. The summed E-state index contributed by atoms with van der Waals surface area (Å²) < 4.78 is 130. The van der Waals surface area contributed by atoms with Crippen molar-refractivity contribution < 1.29 is 132 Å². The summed E-state index contributed by atoms with van der Waals surface area (Å²) in [5, 5.41) is 36.1. The number of ketones is 2. The van der Waals surface area contributed by atoms with Crippen LogP contribution in [0.15, 0.2) is 117 Å². The van der Waals surface area contributed by atoms with E-state index >= 15 is 0 Å². The topological polar surface area (TPSA) is 430 Å². The molecular formula is C80H131N6NaO22S9. The van der Waals surface area contributed by atoms with Crippen LogP contribution in [0.2, 0.25) is 0 Å². The maximum absolute atomic E-state index is 13.2. The maximum atomic E-state index is 13.2. The molecule has 4 aromatic carbocycles. The number of carbonyl (C=O) groups excluding carboxylic acids is 3. The fourth-order valence-electron chi connectivity index (χ4n) is 12.0. The first-order valence-electron chi connectivity index (χ1n) is 38.7. The SMILES string of the molecule is C.CC(C)(S)[C@@H](N)C(=O)O.CCCCOc1ccc(S(=O)(=O)N2CCCSC(C)(C)[C@@H]2C(=O)NO)cc1.CCCCOc1ccc(S(=O)(=O)N2CCCSC(C)(C)[C@@H]2C(=O)O)cc1.CCCCOc1ccc(S(=O)(=O)N2CCCSC(C)(C)[C@@H]2C(C)=O)cc1.CCCCOc1ccc(S(=O)(=O)N[C@@H](C(C)=O)C(C)(C)SCCCO)cc1.[Na+].[OH-]. The summed E-state index contributed by atoms with van der Waals surface area (Å²) in [6.07, 6.45) is 10.4. The monoisotopic (exact) mass is 1840 g/mol. The Morgan fingerprint density at radius 1 is 0.542 bits per heavy atom. The number of thioether (sulfide) groups is 4. The molecule has 3 aliphatic heterocycles. The number of carbonyl (C=O) groups is 5. The molecule has 0 saturated carbocycles. The Kier molecular flexibility index (Phi) is 51.6. The molecule has 0 aromatic heterocycles. The van der Waals surface area contributed by atoms with Gasteiger partial charge in [0.25, 0.3) is 5.91 Å². The Morgan fingerprint density at radius 2 is 0.839 bits per heavy atom. The molecule has 4 aromatic rings. The average Bonchev–Trinajstić information content (AvgIpc) is 1.35. The molecule has 1 amide bonds. The van der Waals surface area contributed by atoms with Crippen molar-refractivity contribution in [3.63, 3.8) is 0 Å². The van der Waals surface area contributed by atoms with Crippen LogP contribution in [0, 0.1) is 0 Å². The van der Waals surface area contributed by atoms with Gasteiger partial charge in [0.15, 0.2) is 0 Å². The maximum Gasteiger partial charge on any atom is 1.00 e. The number of thiol groups is 1. The van der Waals surface area contributed by atoms with Gasteiger partial charge in [-0.3, -0.25) is 29.2 Å². The van der Waals surface area contributed by atoms with Crippen molar-refractivity contribution in [1.29, 1.82) is 0 Å². The minimum Gasteiger partial charge on any atom is -0.870 e. The van der Waals surface area contributed by atoms with E-state index in [1.54, 1.807) is 106 Å². The van der Waals surface area contributed by atoms with Crippen LogP contribution in [-0.4, -0.2) is 232 Å².